The van der Waals surface area contributed by atoms with Gasteiger partial charge in [-0.15, -0.1) is 0 Å². The number of nitrogens with zero attached hydrogens (tertiary/aromatic N) is 2. The average Bonchev–Trinajstić information content (AvgIpc) is 2.76. The van der Waals surface area contributed by atoms with E-state index in [9.17, 15) is 4.79 Å². The Morgan fingerprint density at radius 1 is 1.56 bits per heavy atom. The van der Waals surface area contributed by atoms with Crippen LogP contribution in [0.4, 0.5) is 4.79 Å². The standard InChI is InChI=1S/C13H21N3O2/c1-10(11-8-14-15-9-11)6-7-16(5)12(17)18-13(2,3)4/h6,8-9H,7H2,1-5H3,(H,14,15)/b10-6+. The number of likely N-dealkylation sites (N-methyl/N-ethyl adjacent to an activating group) is 1. The van der Waals surface area contributed by atoms with Gasteiger partial charge in [-0.3, -0.25) is 5.10 Å². The van der Waals surface area contributed by atoms with Gasteiger partial charge in [-0.2, -0.15) is 5.10 Å². The molecule has 0 atom stereocenters. The van der Waals surface area contributed by atoms with E-state index in [-0.39, 0.29) is 6.09 Å². The lowest BCUT2D eigenvalue weighted by molar-refractivity contribution is 0.0318. The van der Waals surface area contributed by atoms with Crippen LogP contribution in [-0.2, 0) is 4.74 Å². The van der Waals surface area contributed by atoms with E-state index in [1.807, 2.05) is 40.0 Å². The first kappa shape index (κ1) is 14.3. The van der Waals surface area contributed by atoms with Crippen LogP contribution >= 0.6 is 0 Å². The fourth-order valence-corrected chi connectivity index (χ4v) is 1.27. The third kappa shape index (κ3) is 4.61. The molecule has 0 unspecified atom stereocenters. The number of carbonyl (C=O) groups is 1. The highest BCUT2D eigenvalue weighted by Gasteiger charge is 2.18. The summed E-state index contributed by atoms with van der Waals surface area (Å²) in [5.41, 5.74) is 1.63. The van der Waals surface area contributed by atoms with Crippen molar-refractivity contribution in [1.82, 2.24) is 15.1 Å². The first-order valence-electron chi connectivity index (χ1n) is 5.89. The fourth-order valence-electron chi connectivity index (χ4n) is 1.27. The second-order valence-electron chi connectivity index (χ2n) is 5.23. The fraction of sp³-hybridized carbons (Fsp3) is 0.538. The van der Waals surface area contributed by atoms with Crippen molar-refractivity contribution in [1.29, 1.82) is 0 Å². The van der Waals surface area contributed by atoms with E-state index in [4.69, 9.17) is 4.74 Å². The van der Waals surface area contributed by atoms with E-state index in [2.05, 4.69) is 10.2 Å². The molecule has 1 aromatic rings. The summed E-state index contributed by atoms with van der Waals surface area (Å²) in [5, 5.41) is 6.64. The minimum Gasteiger partial charge on any atom is -0.444 e. The molecule has 18 heavy (non-hydrogen) atoms. The van der Waals surface area contributed by atoms with Gasteiger partial charge < -0.3 is 9.64 Å². The van der Waals surface area contributed by atoms with Crippen molar-refractivity contribution in [2.75, 3.05) is 13.6 Å². The van der Waals surface area contributed by atoms with Crippen molar-refractivity contribution in [2.24, 2.45) is 0 Å². The molecular weight excluding hydrogens is 230 g/mol. The average molecular weight is 251 g/mol. The number of hydrogen-bond acceptors (Lipinski definition) is 3. The number of aromatic nitrogens is 2. The summed E-state index contributed by atoms with van der Waals surface area (Å²) in [6, 6.07) is 0. The molecule has 0 radical (unpaired) electrons. The largest absolute Gasteiger partial charge is 0.444 e. The molecule has 0 aliphatic heterocycles. The predicted octanol–water partition coefficient (Wildman–Crippen LogP) is 2.68. The van der Waals surface area contributed by atoms with Gasteiger partial charge in [0.1, 0.15) is 5.60 Å². The Kier molecular flexibility index (Phi) is 4.53. The van der Waals surface area contributed by atoms with Crippen LogP contribution in [0.25, 0.3) is 5.57 Å². The molecule has 5 nitrogen and oxygen atoms in total. The molecule has 1 N–H and O–H groups in total. The van der Waals surface area contributed by atoms with E-state index in [1.165, 1.54) is 4.90 Å². The third-order valence-corrected chi connectivity index (χ3v) is 2.33. The van der Waals surface area contributed by atoms with Crippen LogP contribution in [0.15, 0.2) is 18.5 Å². The summed E-state index contributed by atoms with van der Waals surface area (Å²) in [4.78, 5) is 13.3. The Labute approximate surface area is 108 Å². The Morgan fingerprint density at radius 3 is 2.72 bits per heavy atom. The number of carbonyl (C=O) groups excluding carboxylic acids is 1. The Morgan fingerprint density at radius 2 is 2.22 bits per heavy atom. The lowest BCUT2D eigenvalue weighted by Gasteiger charge is -2.24. The van der Waals surface area contributed by atoms with Gasteiger partial charge in [0.25, 0.3) is 0 Å². The summed E-state index contributed by atoms with van der Waals surface area (Å²) in [5.74, 6) is 0. The third-order valence-electron chi connectivity index (χ3n) is 2.33. The Balaban J connectivity index is 2.53. The molecule has 0 aliphatic carbocycles. The molecule has 0 bridgehead atoms. The Bertz CT molecular complexity index is 416. The lowest BCUT2D eigenvalue weighted by atomic mass is 10.1. The van der Waals surface area contributed by atoms with Gasteiger partial charge in [-0.05, 0) is 33.3 Å². The number of hydrogen-bond donors (Lipinski definition) is 1. The first-order chi connectivity index (χ1) is 8.29. The molecular formula is C13H21N3O2. The molecule has 0 aliphatic rings. The highest BCUT2D eigenvalue weighted by molar-refractivity contribution is 5.69. The molecule has 0 fully saturated rings. The van der Waals surface area contributed by atoms with E-state index < -0.39 is 5.60 Å². The van der Waals surface area contributed by atoms with Gasteiger partial charge in [-0.25, -0.2) is 4.79 Å². The lowest BCUT2D eigenvalue weighted by Crippen LogP contribution is -2.34. The van der Waals surface area contributed by atoms with E-state index in [1.54, 1.807) is 13.2 Å². The molecule has 0 saturated heterocycles. The number of aromatic amines is 1. The van der Waals surface area contributed by atoms with Gasteiger partial charge in [0, 0.05) is 25.4 Å². The van der Waals surface area contributed by atoms with Crippen molar-refractivity contribution in [3.63, 3.8) is 0 Å². The van der Waals surface area contributed by atoms with Gasteiger partial charge >= 0.3 is 6.09 Å². The normalized spacial score (nSPS) is 12.4. The molecule has 0 spiro atoms. The van der Waals surface area contributed by atoms with Crippen molar-refractivity contribution >= 4 is 11.7 Å². The zero-order valence-corrected chi connectivity index (χ0v) is 11.7. The number of ether oxygens (including phenoxy) is 1. The second kappa shape index (κ2) is 5.71. The minimum atomic E-state index is -0.464. The number of nitrogens with one attached hydrogen (secondary N) is 1. The van der Waals surface area contributed by atoms with Crippen molar-refractivity contribution in [3.05, 3.63) is 24.0 Å². The van der Waals surface area contributed by atoms with Crippen molar-refractivity contribution in [3.8, 4) is 0 Å². The zero-order valence-electron chi connectivity index (χ0n) is 11.7. The van der Waals surface area contributed by atoms with Crippen molar-refractivity contribution in [2.45, 2.75) is 33.3 Å². The molecule has 1 amide bonds. The highest BCUT2D eigenvalue weighted by Crippen LogP contribution is 2.12. The van der Waals surface area contributed by atoms with Crippen LogP contribution in [0.2, 0.25) is 0 Å². The monoisotopic (exact) mass is 251 g/mol. The van der Waals surface area contributed by atoms with Crippen LogP contribution in [0, 0.1) is 0 Å². The zero-order chi connectivity index (χ0) is 13.8. The summed E-state index contributed by atoms with van der Waals surface area (Å²) in [7, 11) is 1.72. The van der Waals surface area contributed by atoms with E-state index >= 15 is 0 Å². The van der Waals surface area contributed by atoms with Crippen LogP contribution in [0.3, 0.4) is 0 Å². The van der Waals surface area contributed by atoms with Crippen LogP contribution in [0.5, 0.6) is 0 Å². The molecule has 5 heteroatoms. The number of amides is 1. The highest BCUT2D eigenvalue weighted by atomic mass is 16.6. The summed E-state index contributed by atoms with van der Waals surface area (Å²) in [6.07, 6.45) is 5.21. The summed E-state index contributed by atoms with van der Waals surface area (Å²) < 4.78 is 5.26. The topological polar surface area (TPSA) is 58.2 Å². The molecule has 100 valence electrons. The predicted molar refractivity (Wildman–Crippen MR) is 71.1 cm³/mol. The van der Waals surface area contributed by atoms with Crippen LogP contribution in [0.1, 0.15) is 33.3 Å². The maximum atomic E-state index is 11.7. The van der Waals surface area contributed by atoms with E-state index in [0.717, 1.165) is 11.1 Å². The smallest absolute Gasteiger partial charge is 0.410 e. The van der Waals surface area contributed by atoms with Gasteiger partial charge in [-0.1, -0.05) is 6.08 Å². The van der Waals surface area contributed by atoms with Crippen LogP contribution in [-0.4, -0.2) is 40.4 Å². The molecule has 1 heterocycles. The molecule has 0 saturated carbocycles. The number of rotatable bonds is 3. The number of H-pyrrole nitrogens is 1. The van der Waals surface area contributed by atoms with Gasteiger partial charge in [0.05, 0.1) is 6.20 Å². The SMILES string of the molecule is C/C(=C\CN(C)C(=O)OC(C)(C)C)c1cn[nH]c1. The number of allylic oxidation sites excluding steroid dienone is 1. The quantitative estimate of drug-likeness (QED) is 0.898. The first-order valence-corrected chi connectivity index (χ1v) is 5.89. The molecule has 1 rings (SSSR count). The van der Waals surface area contributed by atoms with Crippen molar-refractivity contribution < 1.29 is 9.53 Å². The van der Waals surface area contributed by atoms with Crippen LogP contribution < -0.4 is 0 Å². The van der Waals surface area contributed by atoms with E-state index in [0.29, 0.717) is 6.54 Å². The summed E-state index contributed by atoms with van der Waals surface area (Å²) in [6.45, 7) is 8.04. The second-order valence-corrected chi connectivity index (χ2v) is 5.23. The maximum absolute atomic E-state index is 11.7. The summed E-state index contributed by atoms with van der Waals surface area (Å²) >= 11 is 0. The maximum Gasteiger partial charge on any atom is 0.410 e. The Hall–Kier alpha value is -1.78. The van der Waals surface area contributed by atoms with Gasteiger partial charge in [0.15, 0.2) is 0 Å². The van der Waals surface area contributed by atoms with Gasteiger partial charge in [0.2, 0.25) is 0 Å². The minimum absolute atomic E-state index is 0.321. The molecule has 0 aromatic carbocycles. The molecule has 1 aromatic heterocycles.